The third kappa shape index (κ3) is 2.16. The van der Waals surface area contributed by atoms with Crippen molar-refractivity contribution in [3.8, 4) is 5.75 Å². The second-order valence-electron chi connectivity index (χ2n) is 3.99. The van der Waals surface area contributed by atoms with Crippen LogP contribution in [0.2, 0.25) is 0 Å². The molecular formula is C13H14O5. The van der Waals surface area contributed by atoms with E-state index in [0.29, 0.717) is 5.75 Å². The molecule has 0 aromatic heterocycles. The Morgan fingerprint density at radius 2 is 1.94 bits per heavy atom. The third-order valence-corrected chi connectivity index (χ3v) is 2.99. The lowest BCUT2D eigenvalue weighted by molar-refractivity contribution is -0.150. The lowest BCUT2D eigenvalue weighted by Crippen LogP contribution is -2.31. The molecular weight excluding hydrogens is 236 g/mol. The molecule has 5 nitrogen and oxygen atoms in total. The van der Waals surface area contributed by atoms with E-state index in [1.54, 1.807) is 6.07 Å². The number of carbonyl (C=O) groups is 2. The van der Waals surface area contributed by atoms with Gasteiger partial charge >= 0.3 is 11.9 Å². The average molecular weight is 250 g/mol. The topological polar surface area (TPSA) is 61.8 Å². The Morgan fingerprint density at radius 1 is 1.22 bits per heavy atom. The van der Waals surface area contributed by atoms with Gasteiger partial charge in [0.05, 0.1) is 20.6 Å². The Bertz CT molecular complexity index is 468. The molecule has 1 heterocycles. The van der Waals surface area contributed by atoms with Crippen molar-refractivity contribution in [1.29, 1.82) is 0 Å². The van der Waals surface area contributed by atoms with Gasteiger partial charge in [0.25, 0.3) is 0 Å². The van der Waals surface area contributed by atoms with Gasteiger partial charge in [0.15, 0.2) is 0 Å². The molecule has 18 heavy (non-hydrogen) atoms. The van der Waals surface area contributed by atoms with E-state index in [9.17, 15) is 9.59 Å². The van der Waals surface area contributed by atoms with Crippen LogP contribution in [0.1, 0.15) is 17.9 Å². The van der Waals surface area contributed by atoms with Crippen molar-refractivity contribution >= 4 is 11.9 Å². The van der Waals surface area contributed by atoms with Crippen molar-refractivity contribution in [2.75, 3.05) is 14.2 Å². The molecule has 0 radical (unpaired) electrons. The number of para-hydroxylation sites is 1. The molecule has 0 aliphatic carbocycles. The summed E-state index contributed by atoms with van der Waals surface area (Å²) >= 11 is 0. The average Bonchev–Trinajstić information content (AvgIpc) is 2.77. The summed E-state index contributed by atoms with van der Waals surface area (Å²) in [5.74, 6) is -0.614. The summed E-state index contributed by atoms with van der Waals surface area (Å²) in [5.41, 5.74) is 0.832. The van der Waals surface area contributed by atoms with Gasteiger partial charge in [-0.2, -0.15) is 0 Å². The first-order chi connectivity index (χ1) is 8.67. The van der Waals surface area contributed by atoms with E-state index in [1.165, 1.54) is 14.2 Å². The van der Waals surface area contributed by atoms with Gasteiger partial charge in [-0.3, -0.25) is 4.79 Å². The molecule has 2 atom stereocenters. The SMILES string of the molecule is COC(=O)C[C@H]1c2ccccc2O[C@@H]1C(=O)OC. The van der Waals surface area contributed by atoms with E-state index >= 15 is 0 Å². The first-order valence-electron chi connectivity index (χ1n) is 5.57. The van der Waals surface area contributed by atoms with Gasteiger partial charge in [-0.05, 0) is 6.07 Å². The van der Waals surface area contributed by atoms with Crippen LogP contribution in [0.3, 0.4) is 0 Å². The van der Waals surface area contributed by atoms with Crippen LogP contribution in [-0.4, -0.2) is 32.3 Å². The molecule has 0 fully saturated rings. The molecule has 96 valence electrons. The maximum Gasteiger partial charge on any atom is 0.347 e. The highest BCUT2D eigenvalue weighted by molar-refractivity contribution is 5.80. The highest BCUT2D eigenvalue weighted by Crippen LogP contribution is 2.40. The number of carbonyl (C=O) groups excluding carboxylic acids is 2. The van der Waals surface area contributed by atoms with Gasteiger partial charge < -0.3 is 14.2 Å². The maximum atomic E-state index is 11.7. The Balaban J connectivity index is 2.29. The number of hydrogen-bond donors (Lipinski definition) is 0. The van der Waals surface area contributed by atoms with Crippen molar-refractivity contribution in [3.63, 3.8) is 0 Å². The van der Waals surface area contributed by atoms with Crippen LogP contribution in [0.25, 0.3) is 0 Å². The summed E-state index contributed by atoms with van der Waals surface area (Å²) < 4.78 is 14.9. The molecule has 0 saturated carbocycles. The molecule has 0 saturated heterocycles. The minimum atomic E-state index is -0.786. The molecule has 5 heteroatoms. The molecule has 0 amide bonds. The van der Waals surface area contributed by atoms with Gasteiger partial charge in [-0.1, -0.05) is 18.2 Å². The van der Waals surface area contributed by atoms with Crippen LogP contribution in [0, 0.1) is 0 Å². The summed E-state index contributed by atoms with van der Waals surface area (Å²) in [6.07, 6.45) is -0.695. The minimum absolute atomic E-state index is 0.0906. The van der Waals surface area contributed by atoms with E-state index in [-0.39, 0.29) is 18.3 Å². The summed E-state index contributed by atoms with van der Waals surface area (Å²) in [5, 5.41) is 0. The number of methoxy groups -OCH3 is 2. The summed E-state index contributed by atoms with van der Waals surface area (Å²) in [6, 6.07) is 7.26. The number of benzene rings is 1. The molecule has 1 aliphatic rings. The van der Waals surface area contributed by atoms with Crippen LogP contribution in [-0.2, 0) is 19.1 Å². The number of esters is 2. The predicted octanol–water partition coefficient (Wildman–Crippen LogP) is 1.27. The number of fused-ring (bicyclic) bond motifs is 1. The fourth-order valence-electron chi connectivity index (χ4n) is 2.08. The van der Waals surface area contributed by atoms with Crippen LogP contribution < -0.4 is 4.74 Å². The quantitative estimate of drug-likeness (QED) is 0.756. The first-order valence-corrected chi connectivity index (χ1v) is 5.57. The van der Waals surface area contributed by atoms with Crippen molar-refractivity contribution < 1.29 is 23.8 Å². The monoisotopic (exact) mass is 250 g/mol. The van der Waals surface area contributed by atoms with Gasteiger partial charge in [0.1, 0.15) is 5.75 Å². The second-order valence-corrected chi connectivity index (χ2v) is 3.99. The normalized spacial score (nSPS) is 20.8. The lowest BCUT2D eigenvalue weighted by atomic mass is 9.92. The highest BCUT2D eigenvalue weighted by Gasteiger charge is 2.41. The van der Waals surface area contributed by atoms with Crippen LogP contribution in [0.4, 0.5) is 0 Å². The van der Waals surface area contributed by atoms with E-state index in [2.05, 4.69) is 4.74 Å². The molecule has 0 N–H and O–H groups in total. The molecule has 0 bridgehead atoms. The number of rotatable bonds is 3. The highest BCUT2D eigenvalue weighted by atomic mass is 16.6. The fourth-order valence-corrected chi connectivity index (χ4v) is 2.08. The van der Waals surface area contributed by atoms with Crippen molar-refractivity contribution in [2.24, 2.45) is 0 Å². The molecule has 1 aliphatic heterocycles. The van der Waals surface area contributed by atoms with Gasteiger partial charge in [0, 0.05) is 11.5 Å². The zero-order valence-corrected chi connectivity index (χ0v) is 10.2. The van der Waals surface area contributed by atoms with Crippen molar-refractivity contribution in [1.82, 2.24) is 0 Å². The Morgan fingerprint density at radius 3 is 2.61 bits per heavy atom. The van der Waals surface area contributed by atoms with Crippen LogP contribution in [0.5, 0.6) is 5.75 Å². The van der Waals surface area contributed by atoms with E-state index in [4.69, 9.17) is 9.47 Å². The Labute approximate surface area is 105 Å². The van der Waals surface area contributed by atoms with Crippen molar-refractivity contribution in [2.45, 2.75) is 18.4 Å². The molecule has 0 spiro atoms. The fraction of sp³-hybridized carbons (Fsp3) is 0.385. The first kappa shape index (κ1) is 12.4. The third-order valence-electron chi connectivity index (χ3n) is 2.99. The van der Waals surface area contributed by atoms with Crippen LogP contribution in [0.15, 0.2) is 24.3 Å². The van der Waals surface area contributed by atoms with Crippen LogP contribution >= 0.6 is 0 Å². The number of ether oxygens (including phenoxy) is 3. The summed E-state index contributed by atoms with van der Waals surface area (Å²) in [4.78, 5) is 23.1. The van der Waals surface area contributed by atoms with E-state index in [0.717, 1.165) is 5.56 Å². The smallest absolute Gasteiger partial charge is 0.347 e. The summed E-state index contributed by atoms with van der Waals surface area (Å²) in [7, 11) is 2.61. The van der Waals surface area contributed by atoms with Gasteiger partial charge in [-0.15, -0.1) is 0 Å². The van der Waals surface area contributed by atoms with Gasteiger partial charge in [0.2, 0.25) is 6.10 Å². The molecule has 0 unspecified atom stereocenters. The summed E-state index contributed by atoms with van der Waals surface area (Å²) in [6.45, 7) is 0. The van der Waals surface area contributed by atoms with E-state index in [1.807, 2.05) is 18.2 Å². The van der Waals surface area contributed by atoms with Crippen molar-refractivity contribution in [3.05, 3.63) is 29.8 Å². The molecule has 2 rings (SSSR count). The van der Waals surface area contributed by atoms with Gasteiger partial charge in [-0.25, -0.2) is 4.79 Å². The Kier molecular flexibility index (Phi) is 3.50. The lowest BCUT2D eigenvalue weighted by Gasteiger charge is -2.15. The zero-order valence-electron chi connectivity index (χ0n) is 10.2. The standard InChI is InChI=1S/C13H14O5/c1-16-11(14)7-9-8-5-3-4-6-10(8)18-12(9)13(15)17-2/h3-6,9,12H,7H2,1-2H3/t9-,12-/m0/s1. The maximum absolute atomic E-state index is 11.7. The molecule has 1 aromatic rings. The number of hydrogen-bond acceptors (Lipinski definition) is 5. The minimum Gasteiger partial charge on any atom is -0.478 e. The zero-order chi connectivity index (χ0) is 13.1. The Hall–Kier alpha value is -2.04. The largest absolute Gasteiger partial charge is 0.478 e. The second kappa shape index (κ2) is 5.08. The molecule has 1 aromatic carbocycles. The van der Waals surface area contributed by atoms with E-state index < -0.39 is 12.1 Å². The predicted molar refractivity (Wildman–Crippen MR) is 62.2 cm³/mol.